The summed E-state index contributed by atoms with van der Waals surface area (Å²) in [4.78, 5) is 16.1. The Morgan fingerprint density at radius 3 is 2.58 bits per heavy atom. The molecule has 0 saturated heterocycles. The average molecular weight is 255 g/mol. The Morgan fingerprint density at radius 2 is 2.05 bits per heavy atom. The number of oxazole rings is 1. The smallest absolute Gasteiger partial charge is 0.290 e. The van der Waals surface area contributed by atoms with Crippen LogP contribution in [0.3, 0.4) is 0 Å². The molecule has 19 heavy (non-hydrogen) atoms. The molecular formula is C14H13N3O2. The predicted molar refractivity (Wildman–Crippen MR) is 68.2 cm³/mol. The Kier molecular flexibility index (Phi) is 3.62. The molecule has 1 heterocycles. The second-order valence-corrected chi connectivity index (χ2v) is 4.09. The highest BCUT2D eigenvalue weighted by atomic mass is 16.4. The van der Waals surface area contributed by atoms with Crippen molar-refractivity contribution in [3.8, 4) is 6.07 Å². The minimum atomic E-state index is -0.710. The molecule has 0 aliphatic heterocycles. The van der Waals surface area contributed by atoms with Gasteiger partial charge >= 0.3 is 0 Å². The minimum Gasteiger partial charge on any atom is -0.436 e. The van der Waals surface area contributed by atoms with Crippen LogP contribution in [-0.4, -0.2) is 10.9 Å². The highest BCUT2D eigenvalue weighted by molar-refractivity contribution is 5.92. The van der Waals surface area contributed by atoms with E-state index in [1.54, 1.807) is 26.0 Å². The molecule has 1 aromatic carbocycles. The fourth-order valence-electron chi connectivity index (χ4n) is 1.77. The molecule has 2 rings (SSSR count). The van der Waals surface area contributed by atoms with E-state index in [1.807, 2.05) is 18.2 Å². The third kappa shape index (κ3) is 2.80. The summed E-state index contributed by atoms with van der Waals surface area (Å²) in [6, 6.07) is 10.4. The lowest BCUT2D eigenvalue weighted by atomic mass is 10.1. The summed E-state index contributed by atoms with van der Waals surface area (Å²) in [6.07, 6.45) is 0. The van der Waals surface area contributed by atoms with Gasteiger partial charge in [-0.3, -0.25) is 4.79 Å². The molecule has 2 aromatic rings. The summed E-state index contributed by atoms with van der Waals surface area (Å²) in [5.74, 6) is 0.137. The zero-order chi connectivity index (χ0) is 13.8. The van der Waals surface area contributed by atoms with Crippen molar-refractivity contribution in [1.82, 2.24) is 10.3 Å². The summed E-state index contributed by atoms with van der Waals surface area (Å²) >= 11 is 0. The number of rotatable bonds is 3. The molecule has 1 amide bonds. The number of hydrogen-bond donors (Lipinski definition) is 1. The number of carbonyl (C=O) groups is 1. The van der Waals surface area contributed by atoms with Crippen LogP contribution in [0.4, 0.5) is 0 Å². The summed E-state index contributed by atoms with van der Waals surface area (Å²) < 4.78 is 5.22. The molecule has 0 fully saturated rings. The first-order chi connectivity index (χ1) is 9.11. The van der Waals surface area contributed by atoms with E-state index in [0.717, 1.165) is 5.56 Å². The van der Waals surface area contributed by atoms with E-state index < -0.39 is 11.9 Å². The van der Waals surface area contributed by atoms with Gasteiger partial charge in [-0.2, -0.15) is 5.26 Å². The van der Waals surface area contributed by atoms with Crippen LogP contribution in [0.15, 0.2) is 34.7 Å². The Bertz CT molecular complexity index is 626. The van der Waals surface area contributed by atoms with Crippen molar-refractivity contribution in [2.24, 2.45) is 0 Å². The Balaban J connectivity index is 2.18. The normalized spacial score (nSPS) is 11.6. The molecule has 0 aliphatic rings. The van der Waals surface area contributed by atoms with Gasteiger partial charge in [0.25, 0.3) is 5.91 Å². The molecule has 0 radical (unpaired) electrons. The third-order valence-electron chi connectivity index (χ3n) is 2.65. The van der Waals surface area contributed by atoms with Gasteiger partial charge in [-0.05, 0) is 12.5 Å². The van der Waals surface area contributed by atoms with Gasteiger partial charge in [0.05, 0.1) is 11.8 Å². The van der Waals surface area contributed by atoms with E-state index >= 15 is 0 Å². The Labute approximate surface area is 110 Å². The van der Waals surface area contributed by atoms with Crippen molar-refractivity contribution in [3.05, 3.63) is 53.2 Å². The fourth-order valence-corrected chi connectivity index (χ4v) is 1.77. The van der Waals surface area contributed by atoms with E-state index in [9.17, 15) is 4.79 Å². The molecule has 0 spiro atoms. The van der Waals surface area contributed by atoms with Crippen molar-refractivity contribution in [2.75, 3.05) is 0 Å². The van der Waals surface area contributed by atoms with E-state index in [1.165, 1.54) is 0 Å². The first kappa shape index (κ1) is 12.8. The minimum absolute atomic E-state index is 0.147. The highest BCUT2D eigenvalue weighted by Gasteiger charge is 2.20. The number of hydrogen-bond acceptors (Lipinski definition) is 4. The van der Waals surface area contributed by atoms with E-state index in [0.29, 0.717) is 11.6 Å². The van der Waals surface area contributed by atoms with Crippen LogP contribution in [-0.2, 0) is 0 Å². The molecule has 1 atom stereocenters. The lowest BCUT2D eigenvalue weighted by molar-refractivity contribution is 0.0915. The number of nitriles is 1. The summed E-state index contributed by atoms with van der Waals surface area (Å²) in [5.41, 5.74) is 1.24. The van der Waals surface area contributed by atoms with Crippen molar-refractivity contribution in [3.63, 3.8) is 0 Å². The first-order valence-electron chi connectivity index (χ1n) is 5.81. The number of aryl methyl sites for hydroxylation is 2. The monoisotopic (exact) mass is 255 g/mol. The highest BCUT2D eigenvalue weighted by Crippen LogP contribution is 2.14. The van der Waals surface area contributed by atoms with Crippen molar-refractivity contribution >= 4 is 5.91 Å². The van der Waals surface area contributed by atoms with Crippen LogP contribution >= 0.6 is 0 Å². The van der Waals surface area contributed by atoms with Crippen molar-refractivity contribution < 1.29 is 9.21 Å². The predicted octanol–water partition coefficient (Wildman–Crippen LogP) is 2.29. The zero-order valence-corrected chi connectivity index (χ0v) is 10.7. The van der Waals surface area contributed by atoms with Gasteiger partial charge in [-0.1, -0.05) is 30.3 Å². The molecule has 1 unspecified atom stereocenters. The molecule has 0 aliphatic carbocycles. The van der Waals surface area contributed by atoms with Crippen LogP contribution in [0.1, 0.15) is 33.7 Å². The quantitative estimate of drug-likeness (QED) is 0.912. The number of aromatic nitrogens is 1. The van der Waals surface area contributed by atoms with E-state index in [-0.39, 0.29) is 5.76 Å². The number of nitrogens with one attached hydrogen (secondary N) is 1. The number of benzene rings is 1. The molecule has 0 saturated carbocycles. The standard InChI is InChI=1S/C14H13N3O2/c1-9-13(19-10(2)16-9)14(18)17-12(8-15)11-6-4-3-5-7-11/h3-7,12H,1-2H3,(H,17,18). The molecule has 96 valence electrons. The average Bonchev–Trinajstić information content (AvgIpc) is 2.76. The first-order valence-corrected chi connectivity index (χ1v) is 5.81. The third-order valence-corrected chi connectivity index (χ3v) is 2.65. The zero-order valence-electron chi connectivity index (χ0n) is 10.7. The number of amides is 1. The van der Waals surface area contributed by atoms with Crippen LogP contribution in [0.2, 0.25) is 0 Å². The van der Waals surface area contributed by atoms with Gasteiger partial charge in [0, 0.05) is 6.92 Å². The lowest BCUT2D eigenvalue weighted by Gasteiger charge is -2.10. The Hall–Kier alpha value is -2.61. The van der Waals surface area contributed by atoms with Crippen molar-refractivity contribution in [2.45, 2.75) is 19.9 Å². The van der Waals surface area contributed by atoms with Gasteiger partial charge < -0.3 is 9.73 Å². The second kappa shape index (κ2) is 5.36. The second-order valence-electron chi connectivity index (χ2n) is 4.09. The lowest BCUT2D eigenvalue weighted by Crippen LogP contribution is -2.27. The van der Waals surface area contributed by atoms with Crippen LogP contribution in [0.5, 0.6) is 0 Å². The largest absolute Gasteiger partial charge is 0.436 e. The van der Waals surface area contributed by atoms with Gasteiger partial charge in [0.2, 0.25) is 5.76 Å². The molecule has 5 nitrogen and oxygen atoms in total. The van der Waals surface area contributed by atoms with Gasteiger partial charge in [-0.15, -0.1) is 0 Å². The SMILES string of the molecule is Cc1nc(C)c(C(=O)NC(C#N)c2ccccc2)o1. The maximum atomic E-state index is 12.0. The molecular weight excluding hydrogens is 242 g/mol. The number of nitrogens with zero attached hydrogens (tertiary/aromatic N) is 2. The molecule has 1 N–H and O–H groups in total. The van der Waals surface area contributed by atoms with Crippen molar-refractivity contribution in [1.29, 1.82) is 5.26 Å². The molecule has 5 heteroatoms. The van der Waals surface area contributed by atoms with Gasteiger partial charge in [0.15, 0.2) is 5.89 Å². The van der Waals surface area contributed by atoms with E-state index in [4.69, 9.17) is 9.68 Å². The molecule has 1 aromatic heterocycles. The molecule has 0 bridgehead atoms. The van der Waals surface area contributed by atoms with Crippen LogP contribution < -0.4 is 5.32 Å². The number of carbonyl (C=O) groups excluding carboxylic acids is 1. The van der Waals surface area contributed by atoms with Crippen LogP contribution in [0.25, 0.3) is 0 Å². The van der Waals surface area contributed by atoms with E-state index in [2.05, 4.69) is 16.4 Å². The Morgan fingerprint density at radius 1 is 1.37 bits per heavy atom. The topological polar surface area (TPSA) is 78.9 Å². The maximum Gasteiger partial charge on any atom is 0.290 e. The van der Waals surface area contributed by atoms with Gasteiger partial charge in [-0.25, -0.2) is 4.98 Å². The van der Waals surface area contributed by atoms with Crippen LogP contribution in [0, 0.1) is 25.2 Å². The maximum absolute atomic E-state index is 12.0. The summed E-state index contributed by atoms with van der Waals surface area (Å²) in [7, 11) is 0. The van der Waals surface area contributed by atoms with Gasteiger partial charge in [0.1, 0.15) is 6.04 Å². The fraction of sp³-hybridized carbons (Fsp3) is 0.214. The summed E-state index contributed by atoms with van der Waals surface area (Å²) in [5, 5.41) is 11.8. The summed E-state index contributed by atoms with van der Waals surface area (Å²) in [6.45, 7) is 3.36.